The number of amides is 2. The summed E-state index contributed by atoms with van der Waals surface area (Å²) in [6.07, 6.45) is 5.91. The fourth-order valence-electron chi connectivity index (χ4n) is 4.11. The van der Waals surface area contributed by atoms with Crippen LogP contribution in [0.2, 0.25) is 0 Å². The fraction of sp³-hybridized carbons (Fsp3) is 0.250. The third-order valence-corrected chi connectivity index (χ3v) is 7.01. The molecular weight excluding hydrogens is 471 g/mol. The average Bonchev–Trinajstić information content (AvgIpc) is 3.56. The van der Waals surface area contributed by atoms with Gasteiger partial charge in [0.25, 0.3) is 0 Å². The van der Waals surface area contributed by atoms with Crippen molar-refractivity contribution in [3.63, 3.8) is 0 Å². The van der Waals surface area contributed by atoms with E-state index in [1.807, 2.05) is 23.9 Å². The van der Waals surface area contributed by atoms with Crippen molar-refractivity contribution in [3.05, 3.63) is 60.3 Å². The molecule has 2 unspecified atom stereocenters. The molecular formula is C24H23FN6O3S. The number of primary amides is 1. The van der Waals surface area contributed by atoms with E-state index in [-0.39, 0.29) is 17.4 Å². The first-order valence-electron chi connectivity index (χ1n) is 11.0. The molecule has 2 atom stereocenters. The Bertz CT molecular complexity index is 1410. The molecule has 5 rings (SSSR count). The summed E-state index contributed by atoms with van der Waals surface area (Å²) >= 11 is 1.44. The average molecular weight is 495 g/mol. The molecule has 1 aromatic carbocycles. The molecule has 0 bridgehead atoms. The smallest absolute Gasteiger partial charge is 0.237 e. The summed E-state index contributed by atoms with van der Waals surface area (Å²) in [5.74, 6) is -2.23. The van der Waals surface area contributed by atoms with Crippen LogP contribution in [-0.2, 0) is 16.6 Å². The van der Waals surface area contributed by atoms with E-state index in [1.165, 1.54) is 23.5 Å². The minimum absolute atomic E-state index is 0.0446. The van der Waals surface area contributed by atoms with Crippen LogP contribution in [0.1, 0.15) is 17.9 Å². The summed E-state index contributed by atoms with van der Waals surface area (Å²) in [6.45, 7) is 1.39. The standard InChI is InChI=1S/C24H23FN6O3S/c1-31-9-8-29-23(31)19-11-16-21(35-19)18(5-7-28-16)34-17-3-2-13(10-15(17)25)20(22(26)32)24(33)30-14-4-6-27-12-14/h2-3,5,7-11,14,20,27H,4,6,12H2,1H3,(H2,26,32)(H,30,33). The van der Waals surface area contributed by atoms with E-state index in [9.17, 15) is 9.59 Å². The molecule has 9 nitrogen and oxygen atoms in total. The summed E-state index contributed by atoms with van der Waals surface area (Å²) in [6, 6.07) is 7.46. The zero-order valence-corrected chi connectivity index (χ0v) is 19.6. The maximum absolute atomic E-state index is 15.1. The number of nitrogens with two attached hydrogens (primary N) is 1. The number of pyridine rings is 1. The van der Waals surface area contributed by atoms with Gasteiger partial charge in [-0.15, -0.1) is 11.3 Å². The molecule has 3 aromatic heterocycles. The maximum atomic E-state index is 15.1. The minimum Gasteiger partial charge on any atom is -0.453 e. The lowest BCUT2D eigenvalue weighted by Crippen LogP contribution is -2.43. The number of nitrogens with one attached hydrogen (secondary N) is 2. The van der Waals surface area contributed by atoms with E-state index in [0.717, 1.165) is 34.4 Å². The topological polar surface area (TPSA) is 124 Å². The minimum atomic E-state index is -1.30. The number of aryl methyl sites for hydroxylation is 1. The highest BCUT2D eigenvalue weighted by Crippen LogP contribution is 2.39. The first kappa shape index (κ1) is 22.9. The van der Waals surface area contributed by atoms with Gasteiger partial charge in [0, 0.05) is 44.3 Å². The van der Waals surface area contributed by atoms with Gasteiger partial charge in [0.15, 0.2) is 11.6 Å². The maximum Gasteiger partial charge on any atom is 0.237 e. The summed E-state index contributed by atoms with van der Waals surface area (Å²) in [5, 5.41) is 5.94. The van der Waals surface area contributed by atoms with Gasteiger partial charge in [0.2, 0.25) is 11.8 Å². The number of aromatic nitrogens is 3. The van der Waals surface area contributed by atoms with Gasteiger partial charge >= 0.3 is 0 Å². The Balaban J connectivity index is 1.40. The first-order chi connectivity index (χ1) is 16.9. The van der Waals surface area contributed by atoms with Crippen molar-refractivity contribution in [2.24, 2.45) is 12.8 Å². The number of hydrogen-bond acceptors (Lipinski definition) is 7. The van der Waals surface area contributed by atoms with E-state index >= 15 is 4.39 Å². The summed E-state index contributed by atoms with van der Waals surface area (Å²) < 4.78 is 23.6. The first-order valence-corrected chi connectivity index (χ1v) is 11.9. The summed E-state index contributed by atoms with van der Waals surface area (Å²) in [4.78, 5) is 34.4. The number of nitrogens with zero attached hydrogens (tertiary/aromatic N) is 3. The number of rotatable bonds is 7. The van der Waals surface area contributed by atoms with Crippen LogP contribution >= 0.6 is 11.3 Å². The predicted molar refractivity (Wildman–Crippen MR) is 130 cm³/mol. The SMILES string of the molecule is Cn1ccnc1-c1cc2nccc(Oc3ccc(C(C(N)=O)C(=O)NC4CCNC4)cc3F)c2s1. The van der Waals surface area contributed by atoms with Gasteiger partial charge in [0.1, 0.15) is 17.5 Å². The molecule has 2 amide bonds. The molecule has 1 aliphatic rings. The zero-order chi connectivity index (χ0) is 24.5. The number of carbonyl (C=O) groups excluding carboxylic acids is 2. The molecule has 1 aliphatic heterocycles. The number of benzene rings is 1. The number of thiophene rings is 1. The van der Waals surface area contributed by atoms with Crippen LogP contribution in [0.4, 0.5) is 4.39 Å². The summed E-state index contributed by atoms with van der Waals surface area (Å²) in [5.41, 5.74) is 6.36. The second kappa shape index (κ2) is 9.43. The van der Waals surface area contributed by atoms with Crippen LogP contribution in [0.5, 0.6) is 11.5 Å². The molecule has 1 saturated heterocycles. The molecule has 4 aromatic rings. The van der Waals surface area contributed by atoms with Gasteiger partial charge in [-0.2, -0.15) is 0 Å². The third kappa shape index (κ3) is 4.60. The van der Waals surface area contributed by atoms with Crippen molar-refractivity contribution in [2.45, 2.75) is 18.4 Å². The quantitative estimate of drug-likeness (QED) is 0.340. The lowest BCUT2D eigenvalue weighted by atomic mass is 9.96. The van der Waals surface area contributed by atoms with Crippen molar-refractivity contribution < 1.29 is 18.7 Å². The highest BCUT2D eigenvalue weighted by Gasteiger charge is 2.30. The molecule has 180 valence electrons. The molecule has 35 heavy (non-hydrogen) atoms. The Morgan fingerprint density at radius 2 is 2.11 bits per heavy atom. The van der Waals surface area contributed by atoms with Crippen LogP contribution in [-0.4, -0.2) is 45.5 Å². The summed E-state index contributed by atoms with van der Waals surface area (Å²) in [7, 11) is 1.90. The number of imidazole rings is 1. The predicted octanol–water partition coefficient (Wildman–Crippen LogP) is 2.68. The Hall–Kier alpha value is -3.83. The van der Waals surface area contributed by atoms with E-state index < -0.39 is 23.5 Å². The molecule has 0 spiro atoms. The van der Waals surface area contributed by atoms with E-state index in [4.69, 9.17) is 10.5 Å². The molecule has 4 heterocycles. The Labute approximate surface area is 204 Å². The van der Waals surface area contributed by atoms with Crippen LogP contribution in [0.15, 0.2) is 48.9 Å². The van der Waals surface area contributed by atoms with E-state index in [2.05, 4.69) is 20.6 Å². The Kier molecular flexibility index (Phi) is 6.18. The molecule has 0 saturated carbocycles. The van der Waals surface area contributed by atoms with Crippen molar-refractivity contribution >= 4 is 33.4 Å². The zero-order valence-electron chi connectivity index (χ0n) is 18.8. The monoisotopic (exact) mass is 494 g/mol. The number of halogens is 1. The second-order valence-corrected chi connectivity index (χ2v) is 9.37. The highest BCUT2D eigenvalue weighted by atomic mass is 32.1. The van der Waals surface area contributed by atoms with Gasteiger partial charge in [-0.25, -0.2) is 9.37 Å². The fourth-order valence-corrected chi connectivity index (χ4v) is 5.22. The van der Waals surface area contributed by atoms with Gasteiger partial charge in [-0.1, -0.05) is 6.07 Å². The molecule has 0 aliphatic carbocycles. The lowest BCUT2D eigenvalue weighted by molar-refractivity contribution is -0.130. The van der Waals surface area contributed by atoms with E-state index in [1.54, 1.807) is 18.5 Å². The third-order valence-electron chi connectivity index (χ3n) is 5.88. The van der Waals surface area contributed by atoms with Gasteiger partial charge in [-0.05, 0) is 36.7 Å². The lowest BCUT2D eigenvalue weighted by Gasteiger charge is -2.18. The van der Waals surface area contributed by atoms with Crippen molar-refractivity contribution in [1.82, 2.24) is 25.2 Å². The van der Waals surface area contributed by atoms with Crippen LogP contribution in [0, 0.1) is 5.82 Å². The Morgan fingerprint density at radius 3 is 2.80 bits per heavy atom. The molecule has 11 heteroatoms. The number of ether oxygens (including phenoxy) is 1. The van der Waals surface area contributed by atoms with Crippen molar-refractivity contribution in [3.8, 4) is 22.2 Å². The number of hydrogen-bond donors (Lipinski definition) is 3. The van der Waals surface area contributed by atoms with Crippen LogP contribution < -0.4 is 21.1 Å². The van der Waals surface area contributed by atoms with Crippen molar-refractivity contribution in [2.75, 3.05) is 13.1 Å². The number of carbonyl (C=O) groups is 2. The van der Waals surface area contributed by atoms with Crippen molar-refractivity contribution in [1.29, 1.82) is 0 Å². The molecule has 0 radical (unpaired) electrons. The Morgan fingerprint density at radius 1 is 1.26 bits per heavy atom. The second-order valence-electron chi connectivity index (χ2n) is 8.32. The largest absolute Gasteiger partial charge is 0.453 e. The molecule has 1 fully saturated rings. The molecule has 4 N–H and O–H groups in total. The van der Waals surface area contributed by atoms with E-state index in [0.29, 0.717) is 17.8 Å². The van der Waals surface area contributed by atoms with Crippen LogP contribution in [0.25, 0.3) is 20.9 Å². The van der Waals surface area contributed by atoms with Crippen LogP contribution in [0.3, 0.4) is 0 Å². The van der Waals surface area contributed by atoms with Gasteiger partial charge < -0.3 is 25.7 Å². The van der Waals surface area contributed by atoms with Gasteiger partial charge in [-0.3, -0.25) is 14.6 Å². The normalized spacial score (nSPS) is 16.3. The van der Waals surface area contributed by atoms with Gasteiger partial charge in [0.05, 0.1) is 15.1 Å². The number of fused-ring (bicyclic) bond motifs is 1. The highest BCUT2D eigenvalue weighted by molar-refractivity contribution is 7.22.